The predicted molar refractivity (Wildman–Crippen MR) is 130 cm³/mol. The molecule has 1 atom stereocenters. The fraction of sp³-hybridized carbons (Fsp3) is 0.407. The van der Waals surface area contributed by atoms with Crippen LogP contribution < -0.4 is 14.9 Å². The third-order valence-corrected chi connectivity index (χ3v) is 6.19. The summed E-state index contributed by atoms with van der Waals surface area (Å²) in [5.74, 6) is 0.870. The van der Waals surface area contributed by atoms with E-state index in [9.17, 15) is 14.7 Å². The lowest BCUT2D eigenvalue weighted by Gasteiger charge is -2.25. The zero-order chi connectivity index (χ0) is 24.1. The maximum atomic E-state index is 13.5. The Morgan fingerprint density at radius 3 is 2.62 bits per heavy atom. The third kappa shape index (κ3) is 4.53. The van der Waals surface area contributed by atoms with Gasteiger partial charge in [-0.2, -0.15) is 0 Å². The van der Waals surface area contributed by atoms with Crippen molar-refractivity contribution < 1.29 is 23.8 Å². The van der Waals surface area contributed by atoms with Crippen molar-refractivity contribution in [3.05, 3.63) is 69.6 Å². The van der Waals surface area contributed by atoms with Crippen LogP contribution in [0.3, 0.4) is 0 Å². The van der Waals surface area contributed by atoms with E-state index in [1.165, 1.54) is 6.42 Å². The molecule has 1 amide bonds. The first-order valence-corrected chi connectivity index (χ1v) is 11.9. The van der Waals surface area contributed by atoms with E-state index < -0.39 is 6.04 Å². The Kier molecular flexibility index (Phi) is 7.53. The Bertz CT molecular complexity index is 1220. The average Bonchev–Trinajstić information content (AvgIpc) is 3.14. The Hall–Kier alpha value is -3.32. The fourth-order valence-corrected chi connectivity index (χ4v) is 4.47. The number of ether oxygens (including phenoxy) is 2. The molecule has 0 spiro atoms. The van der Waals surface area contributed by atoms with Crippen LogP contribution in [0.1, 0.15) is 66.8 Å². The first kappa shape index (κ1) is 23.8. The molecule has 0 bridgehead atoms. The van der Waals surface area contributed by atoms with Gasteiger partial charge in [0.25, 0.3) is 5.91 Å². The second-order valence-corrected chi connectivity index (χ2v) is 8.47. The molecule has 1 N–H and O–H groups in total. The van der Waals surface area contributed by atoms with Crippen molar-refractivity contribution in [1.29, 1.82) is 0 Å². The summed E-state index contributed by atoms with van der Waals surface area (Å²) in [5.41, 5.74) is 1.20. The van der Waals surface area contributed by atoms with Crippen molar-refractivity contribution in [3.63, 3.8) is 0 Å². The SMILES string of the molecule is CCCCCCOc1ccc([C@H]2c3c(oc4ccccc4c3=O)C(=O)N2CCCO)cc1OC. The van der Waals surface area contributed by atoms with Crippen molar-refractivity contribution >= 4 is 16.9 Å². The van der Waals surface area contributed by atoms with Gasteiger partial charge in [0.2, 0.25) is 5.76 Å². The van der Waals surface area contributed by atoms with E-state index in [1.54, 1.807) is 36.3 Å². The summed E-state index contributed by atoms with van der Waals surface area (Å²) in [6, 6.07) is 11.8. The number of aliphatic hydroxyl groups is 1. The molecular formula is C27H31NO6. The van der Waals surface area contributed by atoms with E-state index in [1.807, 2.05) is 18.2 Å². The summed E-state index contributed by atoms with van der Waals surface area (Å²) in [5, 5.41) is 9.82. The first-order valence-electron chi connectivity index (χ1n) is 11.9. The van der Waals surface area contributed by atoms with Crippen LogP contribution >= 0.6 is 0 Å². The number of hydrogen-bond donors (Lipinski definition) is 1. The van der Waals surface area contributed by atoms with Gasteiger partial charge < -0.3 is 23.9 Å². The summed E-state index contributed by atoms with van der Waals surface area (Å²) in [6.45, 7) is 2.99. The zero-order valence-electron chi connectivity index (χ0n) is 19.7. The molecule has 0 radical (unpaired) electrons. The van der Waals surface area contributed by atoms with Crippen molar-refractivity contribution in [2.45, 2.75) is 45.1 Å². The molecule has 7 heteroatoms. The minimum absolute atomic E-state index is 0.0573. The second-order valence-electron chi connectivity index (χ2n) is 8.47. The number of nitrogens with zero attached hydrogens (tertiary/aromatic N) is 1. The summed E-state index contributed by atoms with van der Waals surface area (Å²) >= 11 is 0. The van der Waals surface area contributed by atoms with Gasteiger partial charge >= 0.3 is 0 Å². The molecule has 3 aromatic rings. The fourth-order valence-electron chi connectivity index (χ4n) is 4.47. The highest BCUT2D eigenvalue weighted by atomic mass is 16.5. The molecule has 1 aliphatic heterocycles. The number of amides is 1. The summed E-state index contributed by atoms with van der Waals surface area (Å²) in [7, 11) is 1.57. The number of unbranched alkanes of at least 4 members (excludes halogenated alkanes) is 3. The molecule has 0 fully saturated rings. The number of para-hydroxylation sites is 1. The third-order valence-electron chi connectivity index (χ3n) is 6.19. The largest absolute Gasteiger partial charge is 0.493 e. The molecule has 2 aromatic carbocycles. The van der Waals surface area contributed by atoms with Gasteiger partial charge in [-0.1, -0.05) is 44.4 Å². The van der Waals surface area contributed by atoms with Crippen LogP contribution in [0.5, 0.6) is 11.5 Å². The Morgan fingerprint density at radius 2 is 1.85 bits per heavy atom. The Labute approximate surface area is 198 Å². The van der Waals surface area contributed by atoms with Gasteiger partial charge in [-0.25, -0.2) is 0 Å². The molecular weight excluding hydrogens is 434 g/mol. The molecule has 180 valence electrons. The monoisotopic (exact) mass is 465 g/mol. The van der Waals surface area contributed by atoms with E-state index in [0.29, 0.717) is 41.1 Å². The highest BCUT2D eigenvalue weighted by molar-refractivity contribution is 5.99. The number of carbonyl (C=O) groups excluding carboxylic acids is 1. The van der Waals surface area contributed by atoms with Crippen LogP contribution in [0.4, 0.5) is 0 Å². The van der Waals surface area contributed by atoms with Crippen LogP contribution in [0, 0.1) is 0 Å². The number of fused-ring (bicyclic) bond motifs is 2. The standard InChI is InChI=1S/C27H31NO6/c1-3-4-5-8-16-33-21-13-12-18(17-22(21)32-2)24-23-25(30)19-10-6-7-11-20(19)34-26(23)27(31)28(24)14-9-15-29/h6-7,10-13,17,24,29H,3-5,8-9,14-16H2,1-2H3/t24-/m0/s1. The first-order chi connectivity index (χ1) is 16.6. The highest BCUT2D eigenvalue weighted by Gasteiger charge is 2.42. The van der Waals surface area contributed by atoms with E-state index in [2.05, 4.69) is 6.92 Å². The van der Waals surface area contributed by atoms with E-state index in [4.69, 9.17) is 13.9 Å². The summed E-state index contributed by atoms with van der Waals surface area (Å²) in [4.78, 5) is 28.3. The number of benzene rings is 2. The quantitative estimate of drug-likeness (QED) is 0.413. The normalized spacial score (nSPS) is 15.1. The van der Waals surface area contributed by atoms with Crippen LogP contribution in [0.15, 0.2) is 51.7 Å². The number of hydrogen-bond acceptors (Lipinski definition) is 6. The topological polar surface area (TPSA) is 89.2 Å². The molecule has 0 aliphatic carbocycles. The second kappa shape index (κ2) is 10.7. The lowest BCUT2D eigenvalue weighted by molar-refractivity contribution is 0.0716. The maximum absolute atomic E-state index is 13.5. The van der Waals surface area contributed by atoms with Crippen LogP contribution in [0.2, 0.25) is 0 Å². The van der Waals surface area contributed by atoms with Gasteiger partial charge in [0.1, 0.15) is 5.58 Å². The molecule has 0 saturated heterocycles. The van der Waals surface area contributed by atoms with Crippen LogP contribution in [-0.4, -0.2) is 42.8 Å². The van der Waals surface area contributed by atoms with Crippen molar-refractivity contribution in [1.82, 2.24) is 4.90 Å². The van der Waals surface area contributed by atoms with Crippen molar-refractivity contribution in [2.75, 3.05) is 26.9 Å². The smallest absolute Gasteiger partial charge is 0.290 e. The molecule has 4 rings (SSSR count). The molecule has 34 heavy (non-hydrogen) atoms. The lowest BCUT2D eigenvalue weighted by Crippen LogP contribution is -2.31. The van der Waals surface area contributed by atoms with E-state index in [-0.39, 0.29) is 30.2 Å². The highest BCUT2D eigenvalue weighted by Crippen LogP contribution is 2.41. The number of methoxy groups -OCH3 is 1. The minimum Gasteiger partial charge on any atom is -0.493 e. The van der Waals surface area contributed by atoms with Gasteiger partial charge in [-0.05, 0) is 42.7 Å². The van der Waals surface area contributed by atoms with Gasteiger partial charge in [-0.15, -0.1) is 0 Å². The maximum Gasteiger partial charge on any atom is 0.290 e. The average molecular weight is 466 g/mol. The van der Waals surface area contributed by atoms with Gasteiger partial charge in [-0.3, -0.25) is 9.59 Å². The van der Waals surface area contributed by atoms with Crippen LogP contribution in [0.25, 0.3) is 11.0 Å². The lowest BCUT2D eigenvalue weighted by atomic mass is 9.98. The summed E-state index contributed by atoms with van der Waals surface area (Å²) in [6.07, 6.45) is 4.80. The molecule has 2 heterocycles. The predicted octanol–water partition coefficient (Wildman–Crippen LogP) is 4.69. The number of rotatable bonds is 11. The van der Waals surface area contributed by atoms with Crippen LogP contribution in [-0.2, 0) is 0 Å². The van der Waals surface area contributed by atoms with E-state index in [0.717, 1.165) is 24.8 Å². The van der Waals surface area contributed by atoms with Gasteiger partial charge in [0, 0.05) is 13.2 Å². The van der Waals surface area contributed by atoms with E-state index >= 15 is 0 Å². The van der Waals surface area contributed by atoms with Gasteiger partial charge in [0.05, 0.1) is 30.7 Å². The van der Waals surface area contributed by atoms with Gasteiger partial charge in [0.15, 0.2) is 16.9 Å². The van der Waals surface area contributed by atoms with Crippen molar-refractivity contribution in [3.8, 4) is 11.5 Å². The molecule has 7 nitrogen and oxygen atoms in total. The number of aliphatic hydroxyl groups excluding tert-OH is 1. The van der Waals surface area contributed by atoms with Crippen molar-refractivity contribution in [2.24, 2.45) is 0 Å². The Morgan fingerprint density at radius 1 is 1.03 bits per heavy atom. The molecule has 1 aromatic heterocycles. The number of carbonyl (C=O) groups is 1. The Balaban J connectivity index is 1.74. The minimum atomic E-state index is -0.637. The molecule has 1 aliphatic rings. The summed E-state index contributed by atoms with van der Waals surface area (Å²) < 4.78 is 17.4. The molecule has 0 unspecified atom stereocenters. The zero-order valence-corrected chi connectivity index (χ0v) is 19.7. The molecule has 0 saturated carbocycles.